The first-order valence-corrected chi connectivity index (χ1v) is 10.9. The molecule has 9 nitrogen and oxygen atoms in total. The molecule has 0 amide bonds. The zero-order valence-electron chi connectivity index (χ0n) is 19.2. The predicted octanol–water partition coefficient (Wildman–Crippen LogP) is 3.57. The van der Waals surface area contributed by atoms with Gasteiger partial charge in [0.15, 0.2) is 17.5 Å². The van der Waals surface area contributed by atoms with E-state index in [9.17, 15) is 18.7 Å². The Hall–Kier alpha value is -3.99. The van der Waals surface area contributed by atoms with Crippen LogP contribution < -0.4 is 5.32 Å². The second-order valence-corrected chi connectivity index (χ2v) is 8.46. The maximum absolute atomic E-state index is 14.5. The van der Waals surface area contributed by atoms with E-state index in [0.29, 0.717) is 28.9 Å². The van der Waals surface area contributed by atoms with Crippen LogP contribution in [0.15, 0.2) is 53.4 Å². The van der Waals surface area contributed by atoms with Crippen molar-refractivity contribution in [2.75, 3.05) is 18.5 Å². The number of carbonyl (C=O) groups excluding carboxylic acids is 1. The van der Waals surface area contributed by atoms with Crippen LogP contribution in [0, 0.1) is 23.0 Å². The summed E-state index contributed by atoms with van der Waals surface area (Å²) in [6, 6.07) is 9.61. The highest BCUT2D eigenvalue weighted by atomic mass is 19.1. The highest BCUT2D eigenvalue weighted by Crippen LogP contribution is 2.28. The van der Waals surface area contributed by atoms with Crippen molar-refractivity contribution in [2.45, 2.75) is 20.4 Å². The number of aldehydes is 1. The van der Waals surface area contributed by atoms with Crippen molar-refractivity contribution in [2.24, 2.45) is 11.3 Å². The van der Waals surface area contributed by atoms with Crippen LogP contribution in [-0.4, -0.2) is 49.4 Å². The monoisotopic (exact) mass is 482 g/mol. The Balaban J connectivity index is 1.68. The third-order valence-corrected chi connectivity index (χ3v) is 6.00. The van der Waals surface area contributed by atoms with Gasteiger partial charge in [0.25, 0.3) is 0 Å². The van der Waals surface area contributed by atoms with Crippen LogP contribution in [0.5, 0.6) is 0 Å². The third kappa shape index (κ3) is 4.94. The van der Waals surface area contributed by atoms with Gasteiger partial charge in [-0.1, -0.05) is 37.2 Å². The average molecular weight is 482 g/mol. The van der Waals surface area contributed by atoms with Gasteiger partial charge in [-0.3, -0.25) is 4.68 Å². The first-order chi connectivity index (χ1) is 16.9. The number of carbonyl (C=O) groups is 1. The summed E-state index contributed by atoms with van der Waals surface area (Å²) in [6.07, 6.45) is 3.06. The average Bonchev–Trinajstić information content (AvgIpc) is 3.52. The Morgan fingerprint density at radius 2 is 2.00 bits per heavy atom. The van der Waals surface area contributed by atoms with E-state index in [-0.39, 0.29) is 36.5 Å². The number of aromatic nitrogens is 5. The van der Waals surface area contributed by atoms with E-state index in [1.807, 2.05) is 0 Å². The zero-order valence-corrected chi connectivity index (χ0v) is 19.2. The van der Waals surface area contributed by atoms with Gasteiger partial charge in [0.2, 0.25) is 0 Å². The molecule has 0 saturated carbocycles. The molecule has 0 spiro atoms. The molecule has 0 fully saturated rings. The van der Waals surface area contributed by atoms with Crippen LogP contribution in [0.1, 0.15) is 19.4 Å². The number of benzene rings is 1. The van der Waals surface area contributed by atoms with Crippen LogP contribution in [0.4, 0.5) is 14.6 Å². The van der Waals surface area contributed by atoms with Gasteiger partial charge in [-0.25, -0.2) is 18.7 Å². The molecule has 0 aliphatic heterocycles. The Labute approximate surface area is 199 Å². The molecule has 0 bridgehead atoms. The highest BCUT2D eigenvalue weighted by molar-refractivity contribution is 5.64. The molecule has 11 heteroatoms. The Kier molecular flexibility index (Phi) is 6.97. The van der Waals surface area contributed by atoms with Gasteiger partial charge in [0, 0.05) is 18.2 Å². The number of nitrogens with one attached hydrogen (secondary N) is 1. The summed E-state index contributed by atoms with van der Waals surface area (Å²) in [5.41, 5.74) is 0.613. The lowest BCUT2D eigenvalue weighted by atomic mass is 9.79. The first kappa shape index (κ1) is 24.1. The third-order valence-electron chi connectivity index (χ3n) is 6.00. The molecule has 35 heavy (non-hydrogen) atoms. The molecule has 3 aromatic heterocycles. The Bertz CT molecular complexity index is 1310. The molecule has 1 aromatic carbocycles. The maximum Gasteiger partial charge on any atom is 0.183 e. The van der Waals surface area contributed by atoms with Gasteiger partial charge in [-0.2, -0.15) is 5.10 Å². The van der Waals surface area contributed by atoms with Crippen molar-refractivity contribution in [3.63, 3.8) is 0 Å². The van der Waals surface area contributed by atoms with Crippen molar-refractivity contribution in [3.05, 3.63) is 66.1 Å². The van der Waals surface area contributed by atoms with E-state index < -0.39 is 17.8 Å². The molecule has 0 aliphatic carbocycles. The zero-order chi connectivity index (χ0) is 25.0. The maximum atomic E-state index is 14.5. The predicted molar refractivity (Wildman–Crippen MR) is 123 cm³/mol. The lowest BCUT2D eigenvalue weighted by Crippen LogP contribution is -2.40. The summed E-state index contributed by atoms with van der Waals surface area (Å²) < 4.78 is 35.2. The van der Waals surface area contributed by atoms with Crippen LogP contribution in [0.3, 0.4) is 0 Å². The Morgan fingerprint density at radius 3 is 2.66 bits per heavy atom. The minimum Gasteiger partial charge on any atom is -0.395 e. The van der Waals surface area contributed by atoms with Crippen molar-refractivity contribution in [3.8, 4) is 22.9 Å². The summed E-state index contributed by atoms with van der Waals surface area (Å²) in [4.78, 5) is 19.9. The van der Waals surface area contributed by atoms with E-state index in [4.69, 9.17) is 4.52 Å². The van der Waals surface area contributed by atoms with Gasteiger partial charge in [-0.15, -0.1) is 0 Å². The molecule has 0 aliphatic rings. The van der Waals surface area contributed by atoms with E-state index in [0.717, 1.165) is 6.20 Å². The van der Waals surface area contributed by atoms with Gasteiger partial charge in [0.1, 0.15) is 29.8 Å². The summed E-state index contributed by atoms with van der Waals surface area (Å²) >= 11 is 0. The molecule has 1 atom stereocenters. The second kappa shape index (κ2) is 10.1. The fourth-order valence-electron chi connectivity index (χ4n) is 3.51. The van der Waals surface area contributed by atoms with Crippen LogP contribution in [0.2, 0.25) is 0 Å². The van der Waals surface area contributed by atoms with Crippen LogP contribution >= 0.6 is 0 Å². The topological polar surface area (TPSA) is 119 Å². The number of rotatable bonds is 10. The van der Waals surface area contributed by atoms with Gasteiger partial charge in [0.05, 0.1) is 30.5 Å². The number of aliphatic hydroxyl groups excluding tert-OH is 1. The second-order valence-electron chi connectivity index (χ2n) is 8.46. The minimum absolute atomic E-state index is 0.0239. The number of hydrogen-bond donors (Lipinski definition) is 2. The number of aliphatic hydroxyl groups is 1. The van der Waals surface area contributed by atoms with Crippen LogP contribution in [0.25, 0.3) is 22.9 Å². The smallest absolute Gasteiger partial charge is 0.183 e. The summed E-state index contributed by atoms with van der Waals surface area (Å²) in [5.74, 6) is -1.33. The largest absolute Gasteiger partial charge is 0.395 e. The molecule has 2 N–H and O–H groups in total. The van der Waals surface area contributed by atoms with E-state index in [2.05, 4.69) is 25.5 Å². The Morgan fingerprint density at radius 1 is 1.20 bits per heavy atom. The quantitative estimate of drug-likeness (QED) is 0.329. The molecule has 1 unspecified atom stereocenters. The van der Waals surface area contributed by atoms with Gasteiger partial charge in [-0.05, 0) is 18.1 Å². The molecular formula is C24H24F2N6O3. The fraction of sp³-hybridized carbons (Fsp3) is 0.292. The standard InChI is InChI=1S/C24H24F2N6O3/c1-15(2)24(13-33,14-34)12-28-22-18(26)10-27-23(29-22)20-9-21(19-7-8-35-31-19)32(30-20)11-16-5-3-4-6-17(16)25/h3-10,13,15,34H,11-12,14H2,1-2H3,(H,27,28,29). The van der Waals surface area contributed by atoms with E-state index in [1.165, 1.54) is 17.0 Å². The molecule has 182 valence electrons. The summed E-state index contributed by atoms with van der Waals surface area (Å²) in [6.45, 7) is 3.27. The number of anilines is 1. The molecule has 4 aromatic rings. The molecule has 4 rings (SSSR count). The molecule has 3 heterocycles. The lowest BCUT2D eigenvalue weighted by molar-refractivity contribution is -0.120. The van der Waals surface area contributed by atoms with Crippen molar-refractivity contribution in [1.82, 2.24) is 24.9 Å². The fourth-order valence-corrected chi connectivity index (χ4v) is 3.51. The first-order valence-electron chi connectivity index (χ1n) is 10.9. The van der Waals surface area contributed by atoms with Crippen molar-refractivity contribution < 1.29 is 23.2 Å². The van der Waals surface area contributed by atoms with Crippen LogP contribution in [-0.2, 0) is 11.3 Å². The lowest BCUT2D eigenvalue weighted by Gasteiger charge is -2.30. The van der Waals surface area contributed by atoms with E-state index in [1.54, 1.807) is 44.2 Å². The van der Waals surface area contributed by atoms with Gasteiger partial charge < -0.3 is 19.7 Å². The number of hydrogen-bond acceptors (Lipinski definition) is 8. The molecule has 0 saturated heterocycles. The van der Waals surface area contributed by atoms with E-state index >= 15 is 0 Å². The minimum atomic E-state index is -1.10. The molecular weight excluding hydrogens is 458 g/mol. The molecule has 0 radical (unpaired) electrons. The van der Waals surface area contributed by atoms with Crippen molar-refractivity contribution >= 4 is 12.1 Å². The number of halogens is 2. The summed E-state index contributed by atoms with van der Waals surface area (Å²) in [5, 5.41) is 21.0. The summed E-state index contributed by atoms with van der Waals surface area (Å²) in [7, 11) is 0. The normalized spacial score (nSPS) is 13.1. The van der Waals surface area contributed by atoms with Gasteiger partial charge >= 0.3 is 0 Å². The van der Waals surface area contributed by atoms with Crippen molar-refractivity contribution in [1.29, 1.82) is 0 Å². The SMILES string of the molecule is CC(C)C(C=O)(CO)CNc1nc(-c2cc(-c3ccon3)n(Cc3ccccc3F)n2)ncc1F. The number of nitrogens with zero attached hydrogens (tertiary/aromatic N) is 5. The highest BCUT2D eigenvalue weighted by Gasteiger charge is 2.33.